The maximum atomic E-state index is 5.95. The summed E-state index contributed by atoms with van der Waals surface area (Å²) in [5, 5.41) is 0. The van der Waals surface area contributed by atoms with Gasteiger partial charge in [0.25, 0.3) is 0 Å². The fraction of sp³-hybridized carbons (Fsp3) is 0.333. The van der Waals surface area contributed by atoms with Gasteiger partial charge >= 0.3 is 0 Å². The van der Waals surface area contributed by atoms with E-state index in [-0.39, 0.29) is 6.04 Å². The third-order valence-corrected chi connectivity index (χ3v) is 4.18. The summed E-state index contributed by atoms with van der Waals surface area (Å²) < 4.78 is 0. The molecule has 3 rings (SSSR count). The molecule has 0 aliphatic heterocycles. The molecule has 0 radical (unpaired) electrons. The summed E-state index contributed by atoms with van der Waals surface area (Å²) in [6.07, 6.45) is 3.75. The van der Waals surface area contributed by atoms with Gasteiger partial charge in [0.05, 0.1) is 6.04 Å². The highest BCUT2D eigenvalue weighted by Crippen LogP contribution is 2.31. The molecule has 2 aromatic carbocycles. The highest BCUT2D eigenvalue weighted by atomic mass is 15.1. The van der Waals surface area contributed by atoms with Crippen molar-refractivity contribution in [3.8, 4) is 0 Å². The van der Waals surface area contributed by atoms with Gasteiger partial charge in [0.15, 0.2) is 0 Å². The molecular weight excluding hydrogens is 244 g/mol. The van der Waals surface area contributed by atoms with Crippen LogP contribution in [0.15, 0.2) is 42.5 Å². The second-order valence-electron chi connectivity index (χ2n) is 5.92. The predicted octanol–water partition coefficient (Wildman–Crippen LogP) is 3.41. The molecule has 0 heterocycles. The molecule has 1 aliphatic rings. The van der Waals surface area contributed by atoms with E-state index in [4.69, 9.17) is 5.73 Å². The fourth-order valence-corrected chi connectivity index (χ4v) is 3.28. The normalized spacial score (nSPS) is 15.3. The van der Waals surface area contributed by atoms with Crippen LogP contribution in [0.5, 0.6) is 0 Å². The van der Waals surface area contributed by atoms with Crippen molar-refractivity contribution in [2.75, 3.05) is 19.8 Å². The zero-order chi connectivity index (χ0) is 14.1. The monoisotopic (exact) mass is 266 g/mol. The van der Waals surface area contributed by atoms with Crippen LogP contribution in [-0.4, -0.2) is 19.0 Å². The number of nitrogens with two attached hydrogens (primary N) is 1. The van der Waals surface area contributed by atoms with Crippen LogP contribution in [0.4, 0.5) is 5.69 Å². The molecule has 1 unspecified atom stereocenters. The molecule has 0 bridgehead atoms. The summed E-state index contributed by atoms with van der Waals surface area (Å²) in [5.74, 6) is 0. The highest BCUT2D eigenvalue weighted by Gasteiger charge is 2.19. The number of hydrogen-bond donors (Lipinski definition) is 1. The SMILES string of the molecule is CN(C)C(c1cccc(N)c1)c1ccc2c(c1)CCC2. The van der Waals surface area contributed by atoms with Crippen molar-refractivity contribution in [3.05, 3.63) is 64.7 Å². The zero-order valence-electron chi connectivity index (χ0n) is 12.3. The zero-order valence-corrected chi connectivity index (χ0v) is 12.3. The van der Waals surface area contributed by atoms with Gasteiger partial charge in [0.1, 0.15) is 0 Å². The lowest BCUT2D eigenvalue weighted by Crippen LogP contribution is -2.21. The van der Waals surface area contributed by atoms with Crippen LogP contribution in [0.1, 0.15) is 34.7 Å². The number of hydrogen-bond acceptors (Lipinski definition) is 2. The lowest BCUT2D eigenvalue weighted by atomic mass is 9.94. The molecule has 104 valence electrons. The number of benzene rings is 2. The molecule has 2 nitrogen and oxygen atoms in total. The van der Waals surface area contributed by atoms with E-state index in [0.717, 1.165) is 5.69 Å². The first kappa shape index (κ1) is 13.2. The summed E-state index contributed by atoms with van der Waals surface area (Å²) in [6.45, 7) is 0. The Hall–Kier alpha value is -1.80. The van der Waals surface area contributed by atoms with E-state index < -0.39 is 0 Å². The van der Waals surface area contributed by atoms with Crippen LogP contribution in [0.2, 0.25) is 0 Å². The van der Waals surface area contributed by atoms with Crippen molar-refractivity contribution in [2.45, 2.75) is 25.3 Å². The Morgan fingerprint density at radius 1 is 0.950 bits per heavy atom. The number of nitrogens with zero attached hydrogens (tertiary/aromatic N) is 1. The van der Waals surface area contributed by atoms with Crippen LogP contribution < -0.4 is 5.73 Å². The summed E-state index contributed by atoms with van der Waals surface area (Å²) in [5.41, 5.74) is 12.4. The minimum absolute atomic E-state index is 0.268. The fourth-order valence-electron chi connectivity index (χ4n) is 3.28. The van der Waals surface area contributed by atoms with Gasteiger partial charge in [-0.1, -0.05) is 30.3 Å². The predicted molar refractivity (Wildman–Crippen MR) is 84.9 cm³/mol. The molecule has 2 heteroatoms. The van der Waals surface area contributed by atoms with Crippen molar-refractivity contribution < 1.29 is 0 Å². The Balaban J connectivity index is 2.03. The Labute approximate surface area is 121 Å². The largest absolute Gasteiger partial charge is 0.399 e. The van der Waals surface area contributed by atoms with E-state index in [1.807, 2.05) is 12.1 Å². The van der Waals surface area contributed by atoms with Crippen LogP contribution in [0.3, 0.4) is 0 Å². The van der Waals surface area contributed by atoms with Crippen LogP contribution in [0, 0.1) is 0 Å². The topological polar surface area (TPSA) is 29.3 Å². The second kappa shape index (κ2) is 5.29. The molecule has 1 atom stereocenters. The number of anilines is 1. The first-order valence-corrected chi connectivity index (χ1v) is 7.29. The average molecular weight is 266 g/mol. The Morgan fingerprint density at radius 2 is 1.70 bits per heavy atom. The van der Waals surface area contributed by atoms with E-state index in [1.54, 1.807) is 0 Å². The Bertz CT molecular complexity index is 617. The Morgan fingerprint density at radius 3 is 2.45 bits per heavy atom. The van der Waals surface area contributed by atoms with E-state index >= 15 is 0 Å². The standard InChI is InChI=1S/C18H22N2/c1-20(2)18(15-7-4-8-17(19)12-15)16-10-9-13-5-3-6-14(13)11-16/h4,7-12,18H,3,5-6,19H2,1-2H3. The first-order valence-electron chi connectivity index (χ1n) is 7.29. The lowest BCUT2D eigenvalue weighted by molar-refractivity contribution is 0.342. The minimum atomic E-state index is 0.268. The van der Waals surface area contributed by atoms with Gasteiger partial charge < -0.3 is 5.73 Å². The molecule has 0 amide bonds. The van der Waals surface area contributed by atoms with Crippen LogP contribution >= 0.6 is 0 Å². The molecule has 0 spiro atoms. The van der Waals surface area contributed by atoms with Crippen molar-refractivity contribution in [3.63, 3.8) is 0 Å². The molecular formula is C18H22N2. The first-order chi connectivity index (χ1) is 9.65. The summed E-state index contributed by atoms with van der Waals surface area (Å²) >= 11 is 0. The van der Waals surface area contributed by atoms with Crippen molar-refractivity contribution in [1.29, 1.82) is 0 Å². The van der Waals surface area contributed by atoms with Gasteiger partial charge in [0, 0.05) is 5.69 Å². The molecule has 0 aromatic heterocycles. The van der Waals surface area contributed by atoms with E-state index in [0.29, 0.717) is 0 Å². The minimum Gasteiger partial charge on any atom is -0.399 e. The van der Waals surface area contributed by atoms with Gasteiger partial charge in [0.2, 0.25) is 0 Å². The number of fused-ring (bicyclic) bond motifs is 1. The maximum absolute atomic E-state index is 5.95. The average Bonchev–Trinajstić information content (AvgIpc) is 2.86. The molecule has 2 aromatic rings. The van der Waals surface area contributed by atoms with Gasteiger partial charge in [-0.05, 0) is 67.7 Å². The van der Waals surface area contributed by atoms with Crippen LogP contribution in [0.25, 0.3) is 0 Å². The molecule has 0 saturated carbocycles. The van der Waals surface area contributed by atoms with Gasteiger partial charge in [-0.25, -0.2) is 0 Å². The summed E-state index contributed by atoms with van der Waals surface area (Å²) in [4.78, 5) is 2.26. The van der Waals surface area contributed by atoms with Gasteiger partial charge in [-0.15, -0.1) is 0 Å². The number of nitrogen functional groups attached to an aromatic ring is 1. The van der Waals surface area contributed by atoms with E-state index in [2.05, 4.69) is 49.3 Å². The smallest absolute Gasteiger partial charge is 0.0597 e. The Kier molecular flexibility index (Phi) is 3.49. The van der Waals surface area contributed by atoms with Crippen molar-refractivity contribution in [1.82, 2.24) is 4.90 Å². The molecule has 0 saturated heterocycles. The second-order valence-corrected chi connectivity index (χ2v) is 5.92. The quantitative estimate of drug-likeness (QED) is 0.863. The lowest BCUT2D eigenvalue weighted by Gasteiger charge is -2.26. The summed E-state index contributed by atoms with van der Waals surface area (Å²) in [7, 11) is 4.25. The number of rotatable bonds is 3. The maximum Gasteiger partial charge on any atom is 0.0597 e. The van der Waals surface area contributed by atoms with Crippen LogP contribution in [-0.2, 0) is 12.8 Å². The van der Waals surface area contributed by atoms with Crippen molar-refractivity contribution >= 4 is 5.69 Å². The van der Waals surface area contributed by atoms with Crippen molar-refractivity contribution in [2.24, 2.45) is 0 Å². The molecule has 1 aliphatic carbocycles. The summed E-state index contributed by atoms with van der Waals surface area (Å²) in [6, 6.07) is 15.5. The highest BCUT2D eigenvalue weighted by molar-refractivity contribution is 5.46. The molecule has 20 heavy (non-hydrogen) atoms. The molecule has 0 fully saturated rings. The molecule has 2 N–H and O–H groups in total. The third-order valence-electron chi connectivity index (χ3n) is 4.18. The van der Waals surface area contributed by atoms with E-state index in [1.165, 1.54) is 41.5 Å². The van der Waals surface area contributed by atoms with Gasteiger partial charge in [-0.3, -0.25) is 4.90 Å². The third kappa shape index (κ3) is 2.44. The van der Waals surface area contributed by atoms with E-state index in [9.17, 15) is 0 Å². The van der Waals surface area contributed by atoms with Gasteiger partial charge in [-0.2, -0.15) is 0 Å². The number of aryl methyl sites for hydroxylation is 2.